The lowest BCUT2D eigenvalue weighted by Gasteiger charge is -2.34. The van der Waals surface area contributed by atoms with Crippen LogP contribution in [-0.4, -0.2) is 63.3 Å². The number of hydrogen-bond donors (Lipinski definition) is 1. The van der Waals surface area contributed by atoms with Gasteiger partial charge in [0.25, 0.3) is 0 Å². The summed E-state index contributed by atoms with van der Waals surface area (Å²) in [5, 5.41) is 7.22. The summed E-state index contributed by atoms with van der Waals surface area (Å²) in [5.41, 5.74) is 2.36. The van der Waals surface area contributed by atoms with Crippen LogP contribution in [-0.2, 0) is 13.0 Å². The highest BCUT2D eigenvalue weighted by Crippen LogP contribution is 2.08. The van der Waals surface area contributed by atoms with E-state index in [1.54, 1.807) is 17.1 Å². The molecule has 2 amide bonds. The molecule has 0 aliphatic carbocycles. The summed E-state index contributed by atoms with van der Waals surface area (Å²) in [6.45, 7) is 4.86. The summed E-state index contributed by atoms with van der Waals surface area (Å²) < 4.78 is 1.71. The second kappa shape index (κ2) is 9.34. The molecule has 0 bridgehead atoms. The van der Waals surface area contributed by atoms with Gasteiger partial charge in [0.1, 0.15) is 0 Å². The van der Waals surface area contributed by atoms with Crippen LogP contribution < -0.4 is 5.32 Å². The fraction of sp³-hybridized carbons (Fsp3) is 0.318. The molecule has 3 aromatic rings. The molecule has 4 rings (SSSR count). The van der Waals surface area contributed by atoms with Crippen LogP contribution in [0.5, 0.6) is 0 Å². The smallest absolute Gasteiger partial charge is 0.317 e. The van der Waals surface area contributed by atoms with E-state index in [1.807, 2.05) is 35.4 Å². The monoisotopic (exact) mass is 390 g/mol. The lowest BCUT2D eigenvalue weighted by molar-refractivity contribution is 0.140. The molecule has 1 N–H and O–H groups in total. The molecular weight excluding hydrogens is 364 g/mol. The minimum Gasteiger partial charge on any atom is -0.334 e. The Kier molecular flexibility index (Phi) is 6.16. The van der Waals surface area contributed by atoms with Gasteiger partial charge in [0.15, 0.2) is 5.82 Å². The molecule has 0 atom stereocenters. The second-order valence-electron chi connectivity index (χ2n) is 7.20. The highest BCUT2D eigenvalue weighted by molar-refractivity contribution is 5.74. The lowest BCUT2D eigenvalue weighted by atomic mass is 10.1. The minimum atomic E-state index is -0.00911. The third-order valence-corrected chi connectivity index (χ3v) is 5.21. The van der Waals surface area contributed by atoms with Gasteiger partial charge in [-0.25, -0.2) is 14.5 Å². The van der Waals surface area contributed by atoms with E-state index >= 15 is 0 Å². The Balaban J connectivity index is 1.22. The van der Waals surface area contributed by atoms with Gasteiger partial charge in [0.05, 0.1) is 0 Å². The number of carbonyl (C=O) groups is 1. The van der Waals surface area contributed by atoms with Crippen molar-refractivity contribution in [1.29, 1.82) is 0 Å². The third-order valence-electron chi connectivity index (χ3n) is 5.21. The summed E-state index contributed by atoms with van der Waals surface area (Å²) in [5.74, 6) is 0.744. The molecule has 1 fully saturated rings. The van der Waals surface area contributed by atoms with Crippen molar-refractivity contribution in [2.45, 2.75) is 13.0 Å². The Hall–Kier alpha value is -3.19. The molecule has 7 heteroatoms. The van der Waals surface area contributed by atoms with E-state index in [2.05, 4.69) is 44.6 Å². The Bertz CT molecular complexity index is 904. The van der Waals surface area contributed by atoms with Crippen LogP contribution in [0.2, 0.25) is 0 Å². The quantitative estimate of drug-likeness (QED) is 0.702. The molecule has 1 aliphatic heterocycles. The number of nitrogens with one attached hydrogen (secondary N) is 1. The predicted octanol–water partition coefficient (Wildman–Crippen LogP) is 2.34. The number of carbonyl (C=O) groups excluding carboxylic acids is 1. The van der Waals surface area contributed by atoms with E-state index in [9.17, 15) is 4.79 Å². The number of piperazine rings is 1. The van der Waals surface area contributed by atoms with Gasteiger partial charge in [0, 0.05) is 57.9 Å². The molecule has 150 valence electrons. The van der Waals surface area contributed by atoms with Gasteiger partial charge >= 0.3 is 6.03 Å². The van der Waals surface area contributed by atoms with Crippen LogP contribution in [0.15, 0.2) is 67.1 Å². The van der Waals surface area contributed by atoms with E-state index in [1.165, 1.54) is 5.56 Å². The Labute approximate surface area is 171 Å². The van der Waals surface area contributed by atoms with Crippen LogP contribution in [0.1, 0.15) is 11.1 Å². The van der Waals surface area contributed by atoms with Crippen molar-refractivity contribution in [1.82, 2.24) is 29.9 Å². The molecule has 2 aromatic heterocycles. The number of hydrogen-bond acceptors (Lipinski definition) is 4. The van der Waals surface area contributed by atoms with Crippen LogP contribution in [0.4, 0.5) is 4.79 Å². The standard InChI is InChI=1S/C22H26N6O/c29-22(24-18-20-7-10-23-21(17-20)28-11-4-9-25-28)27-15-13-26(14-16-27)12-8-19-5-2-1-3-6-19/h1-7,9-11,17H,8,12-16,18H2,(H,24,29). The van der Waals surface area contributed by atoms with Crippen LogP contribution >= 0.6 is 0 Å². The second-order valence-corrected chi connectivity index (χ2v) is 7.20. The van der Waals surface area contributed by atoms with Crippen molar-refractivity contribution >= 4 is 6.03 Å². The van der Waals surface area contributed by atoms with E-state index < -0.39 is 0 Å². The first-order valence-electron chi connectivity index (χ1n) is 10.0. The summed E-state index contributed by atoms with van der Waals surface area (Å²) in [4.78, 5) is 21.2. The summed E-state index contributed by atoms with van der Waals surface area (Å²) in [6, 6.07) is 16.2. The fourth-order valence-corrected chi connectivity index (χ4v) is 3.50. The topological polar surface area (TPSA) is 66.3 Å². The Morgan fingerprint density at radius 2 is 1.79 bits per heavy atom. The molecule has 0 spiro atoms. The zero-order valence-electron chi connectivity index (χ0n) is 16.4. The van der Waals surface area contributed by atoms with Gasteiger partial charge in [-0.1, -0.05) is 30.3 Å². The van der Waals surface area contributed by atoms with Crippen molar-refractivity contribution in [3.63, 3.8) is 0 Å². The molecule has 1 aliphatic rings. The summed E-state index contributed by atoms with van der Waals surface area (Å²) >= 11 is 0. The van der Waals surface area contributed by atoms with E-state index in [-0.39, 0.29) is 6.03 Å². The van der Waals surface area contributed by atoms with Gasteiger partial charge in [-0.05, 0) is 35.7 Å². The lowest BCUT2D eigenvalue weighted by Crippen LogP contribution is -2.51. The Morgan fingerprint density at radius 3 is 2.55 bits per heavy atom. The number of rotatable bonds is 6. The largest absolute Gasteiger partial charge is 0.334 e. The van der Waals surface area contributed by atoms with Gasteiger partial charge < -0.3 is 10.2 Å². The molecule has 0 radical (unpaired) electrons. The molecule has 1 saturated heterocycles. The van der Waals surface area contributed by atoms with Crippen molar-refractivity contribution in [2.24, 2.45) is 0 Å². The molecule has 0 saturated carbocycles. The highest BCUT2D eigenvalue weighted by atomic mass is 16.2. The summed E-state index contributed by atoms with van der Waals surface area (Å²) in [6.07, 6.45) is 6.36. The number of pyridine rings is 1. The van der Waals surface area contributed by atoms with Crippen molar-refractivity contribution < 1.29 is 4.79 Å². The molecule has 3 heterocycles. The highest BCUT2D eigenvalue weighted by Gasteiger charge is 2.20. The maximum Gasteiger partial charge on any atom is 0.317 e. The molecule has 1 aromatic carbocycles. The minimum absolute atomic E-state index is 0.00911. The van der Waals surface area contributed by atoms with Crippen LogP contribution in [0.3, 0.4) is 0 Å². The third kappa shape index (κ3) is 5.20. The predicted molar refractivity (Wildman–Crippen MR) is 112 cm³/mol. The average Bonchev–Trinajstić information content (AvgIpc) is 3.32. The zero-order valence-corrected chi connectivity index (χ0v) is 16.4. The maximum atomic E-state index is 12.5. The van der Waals surface area contributed by atoms with Crippen molar-refractivity contribution in [3.05, 3.63) is 78.2 Å². The fourth-order valence-electron chi connectivity index (χ4n) is 3.50. The Morgan fingerprint density at radius 1 is 0.966 bits per heavy atom. The van der Waals surface area contributed by atoms with Crippen LogP contribution in [0.25, 0.3) is 5.82 Å². The van der Waals surface area contributed by atoms with Crippen LogP contribution in [0, 0.1) is 0 Å². The normalized spacial score (nSPS) is 14.7. The molecule has 29 heavy (non-hydrogen) atoms. The van der Waals surface area contributed by atoms with Gasteiger partial charge in [-0.2, -0.15) is 5.10 Å². The first-order chi connectivity index (χ1) is 14.3. The molecular formula is C22H26N6O. The number of aromatic nitrogens is 3. The molecule has 7 nitrogen and oxygen atoms in total. The van der Waals surface area contributed by atoms with Crippen molar-refractivity contribution in [2.75, 3.05) is 32.7 Å². The first kappa shape index (κ1) is 19.1. The number of urea groups is 1. The number of nitrogens with zero attached hydrogens (tertiary/aromatic N) is 5. The zero-order chi connectivity index (χ0) is 19.9. The maximum absolute atomic E-state index is 12.5. The SMILES string of the molecule is O=C(NCc1ccnc(-n2cccn2)c1)N1CCN(CCc2ccccc2)CC1. The number of amides is 2. The van der Waals surface area contributed by atoms with E-state index in [4.69, 9.17) is 0 Å². The van der Waals surface area contributed by atoms with Gasteiger partial charge in [-0.3, -0.25) is 4.90 Å². The van der Waals surface area contributed by atoms with E-state index in [0.717, 1.165) is 50.5 Å². The van der Waals surface area contributed by atoms with Gasteiger partial charge in [-0.15, -0.1) is 0 Å². The number of benzene rings is 1. The van der Waals surface area contributed by atoms with E-state index in [0.29, 0.717) is 6.54 Å². The first-order valence-corrected chi connectivity index (χ1v) is 10.0. The molecule has 0 unspecified atom stereocenters. The van der Waals surface area contributed by atoms with Crippen molar-refractivity contribution in [3.8, 4) is 5.82 Å². The summed E-state index contributed by atoms with van der Waals surface area (Å²) in [7, 11) is 0. The average molecular weight is 390 g/mol. The van der Waals surface area contributed by atoms with Gasteiger partial charge in [0.2, 0.25) is 0 Å².